The third-order valence-electron chi connectivity index (χ3n) is 2.72. The Bertz CT molecular complexity index is 320. The van der Waals surface area contributed by atoms with Crippen molar-refractivity contribution >= 4 is 17.4 Å². The van der Waals surface area contributed by atoms with Crippen LogP contribution in [0.5, 0.6) is 0 Å². The van der Waals surface area contributed by atoms with Gasteiger partial charge in [0, 0.05) is 11.4 Å². The van der Waals surface area contributed by atoms with Crippen LogP contribution < -0.4 is 16.0 Å². The van der Waals surface area contributed by atoms with Gasteiger partial charge in [-0.3, -0.25) is 0 Å². The number of amides is 2. The Balaban J connectivity index is 1.60. The first-order chi connectivity index (χ1) is 7.84. The molecule has 5 heteroatoms. The number of carbonyl (C=O) groups is 1. The lowest BCUT2D eigenvalue weighted by Gasteiger charge is -2.10. The van der Waals surface area contributed by atoms with Gasteiger partial charge in [0.25, 0.3) is 0 Å². The fraction of sp³-hybridized carbons (Fsp3) is 0.545. The highest BCUT2D eigenvalue weighted by Gasteiger charge is 2.14. The molecular weight excluding hydrogens is 222 g/mol. The SMILES string of the molecule is O=C(NCc1cccs1)NCC1CCNC1. The molecule has 0 aromatic carbocycles. The zero-order chi connectivity index (χ0) is 11.2. The van der Waals surface area contributed by atoms with Crippen LogP contribution in [-0.4, -0.2) is 25.7 Å². The highest BCUT2D eigenvalue weighted by Crippen LogP contribution is 2.07. The van der Waals surface area contributed by atoms with E-state index in [1.54, 1.807) is 11.3 Å². The molecule has 1 aliphatic rings. The molecule has 1 saturated heterocycles. The van der Waals surface area contributed by atoms with Crippen molar-refractivity contribution in [3.05, 3.63) is 22.4 Å². The minimum atomic E-state index is -0.0692. The minimum absolute atomic E-state index is 0.0692. The second kappa shape index (κ2) is 5.86. The monoisotopic (exact) mass is 239 g/mol. The van der Waals surface area contributed by atoms with Crippen molar-refractivity contribution in [3.63, 3.8) is 0 Å². The highest BCUT2D eigenvalue weighted by molar-refractivity contribution is 7.09. The molecule has 4 nitrogen and oxygen atoms in total. The van der Waals surface area contributed by atoms with Crippen molar-refractivity contribution in [2.75, 3.05) is 19.6 Å². The summed E-state index contributed by atoms with van der Waals surface area (Å²) in [6, 6.07) is 3.94. The van der Waals surface area contributed by atoms with Crippen LogP contribution in [0.1, 0.15) is 11.3 Å². The Kier molecular flexibility index (Phi) is 4.18. The van der Waals surface area contributed by atoms with Crippen molar-refractivity contribution in [2.24, 2.45) is 5.92 Å². The van der Waals surface area contributed by atoms with Crippen LogP contribution in [0.2, 0.25) is 0 Å². The Morgan fingerprint density at radius 1 is 1.56 bits per heavy atom. The smallest absolute Gasteiger partial charge is 0.315 e. The average Bonchev–Trinajstić information content (AvgIpc) is 2.96. The number of rotatable bonds is 4. The van der Waals surface area contributed by atoms with Gasteiger partial charge in [-0.15, -0.1) is 11.3 Å². The van der Waals surface area contributed by atoms with Crippen LogP contribution in [0.25, 0.3) is 0 Å². The minimum Gasteiger partial charge on any atom is -0.338 e. The first kappa shape index (κ1) is 11.4. The van der Waals surface area contributed by atoms with Gasteiger partial charge in [0.2, 0.25) is 0 Å². The Morgan fingerprint density at radius 3 is 3.19 bits per heavy atom. The average molecular weight is 239 g/mol. The molecule has 1 aromatic rings. The standard InChI is InChI=1S/C11H17N3OS/c15-11(13-7-9-3-4-12-6-9)14-8-10-2-1-5-16-10/h1-2,5,9,12H,3-4,6-8H2,(H2,13,14,15). The summed E-state index contributed by atoms with van der Waals surface area (Å²) in [7, 11) is 0. The third kappa shape index (κ3) is 3.50. The van der Waals surface area contributed by atoms with Crippen LogP contribution in [0.15, 0.2) is 17.5 Å². The van der Waals surface area contributed by atoms with Crippen LogP contribution >= 0.6 is 11.3 Å². The second-order valence-electron chi connectivity index (χ2n) is 4.00. The molecule has 0 aliphatic carbocycles. The molecule has 3 N–H and O–H groups in total. The predicted molar refractivity (Wildman–Crippen MR) is 65.5 cm³/mol. The molecule has 0 saturated carbocycles. The van der Waals surface area contributed by atoms with Gasteiger partial charge >= 0.3 is 6.03 Å². The lowest BCUT2D eigenvalue weighted by Crippen LogP contribution is -2.38. The quantitative estimate of drug-likeness (QED) is 0.738. The zero-order valence-electron chi connectivity index (χ0n) is 9.16. The Morgan fingerprint density at radius 2 is 2.50 bits per heavy atom. The van der Waals surface area contributed by atoms with E-state index < -0.39 is 0 Å². The number of nitrogens with one attached hydrogen (secondary N) is 3. The molecule has 2 rings (SSSR count). The largest absolute Gasteiger partial charge is 0.338 e. The number of urea groups is 1. The van der Waals surface area contributed by atoms with Crippen molar-refractivity contribution in [1.29, 1.82) is 0 Å². The van der Waals surface area contributed by atoms with Crippen LogP contribution in [0, 0.1) is 5.92 Å². The highest BCUT2D eigenvalue weighted by atomic mass is 32.1. The van der Waals surface area contributed by atoms with E-state index >= 15 is 0 Å². The lowest BCUT2D eigenvalue weighted by molar-refractivity contribution is 0.239. The number of hydrogen-bond donors (Lipinski definition) is 3. The summed E-state index contributed by atoms with van der Waals surface area (Å²) in [5, 5.41) is 11.0. The second-order valence-corrected chi connectivity index (χ2v) is 5.03. The molecule has 88 valence electrons. The van der Waals surface area contributed by atoms with Crippen LogP contribution in [0.4, 0.5) is 4.79 Å². The van der Waals surface area contributed by atoms with E-state index in [2.05, 4.69) is 16.0 Å². The fourth-order valence-corrected chi connectivity index (χ4v) is 2.41. The molecule has 1 atom stereocenters. The van der Waals surface area contributed by atoms with Gasteiger partial charge < -0.3 is 16.0 Å². The topological polar surface area (TPSA) is 53.2 Å². The Labute approximate surface area is 99.4 Å². The van der Waals surface area contributed by atoms with Gasteiger partial charge in [-0.05, 0) is 36.9 Å². The molecule has 0 bridgehead atoms. The number of hydrogen-bond acceptors (Lipinski definition) is 3. The van der Waals surface area contributed by atoms with E-state index in [9.17, 15) is 4.79 Å². The van der Waals surface area contributed by atoms with E-state index in [1.165, 1.54) is 4.88 Å². The molecule has 1 aromatic heterocycles. The summed E-state index contributed by atoms with van der Waals surface area (Å²) < 4.78 is 0. The predicted octanol–water partition coefficient (Wildman–Crippen LogP) is 1.16. The molecule has 2 amide bonds. The first-order valence-corrected chi connectivity index (χ1v) is 6.47. The van der Waals surface area contributed by atoms with Crippen molar-refractivity contribution in [2.45, 2.75) is 13.0 Å². The van der Waals surface area contributed by atoms with E-state index in [-0.39, 0.29) is 6.03 Å². The van der Waals surface area contributed by atoms with Gasteiger partial charge in [0.1, 0.15) is 0 Å². The third-order valence-corrected chi connectivity index (χ3v) is 3.59. The summed E-state index contributed by atoms with van der Waals surface area (Å²) >= 11 is 1.66. The van der Waals surface area contributed by atoms with Gasteiger partial charge in [0.05, 0.1) is 6.54 Å². The molecule has 1 fully saturated rings. The molecule has 0 spiro atoms. The van der Waals surface area contributed by atoms with E-state index in [1.807, 2.05) is 17.5 Å². The molecular formula is C11H17N3OS. The number of thiophene rings is 1. The molecule has 2 heterocycles. The van der Waals surface area contributed by atoms with Crippen LogP contribution in [0.3, 0.4) is 0 Å². The summed E-state index contributed by atoms with van der Waals surface area (Å²) in [6.07, 6.45) is 1.16. The van der Waals surface area contributed by atoms with E-state index in [4.69, 9.17) is 0 Å². The maximum Gasteiger partial charge on any atom is 0.315 e. The van der Waals surface area contributed by atoms with Gasteiger partial charge in [-0.25, -0.2) is 4.79 Å². The maximum atomic E-state index is 11.5. The van der Waals surface area contributed by atoms with Crippen molar-refractivity contribution < 1.29 is 4.79 Å². The zero-order valence-corrected chi connectivity index (χ0v) is 9.98. The number of carbonyl (C=O) groups excluding carboxylic acids is 1. The molecule has 0 radical (unpaired) electrons. The van der Waals surface area contributed by atoms with Crippen molar-refractivity contribution in [3.8, 4) is 0 Å². The normalized spacial score (nSPS) is 19.6. The molecule has 1 aliphatic heterocycles. The van der Waals surface area contributed by atoms with Crippen molar-refractivity contribution in [1.82, 2.24) is 16.0 Å². The first-order valence-electron chi connectivity index (χ1n) is 5.59. The summed E-state index contributed by atoms with van der Waals surface area (Å²) in [6.45, 7) is 3.48. The van der Waals surface area contributed by atoms with Gasteiger partial charge in [-0.2, -0.15) is 0 Å². The molecule has 1 unspecified atom stereocenters. The maximum absolute atomic E-state index is 11.5. The van der Waals surface area contributed by atoms with E-state index in [0.717, 1.165) is 26.1 Å². The van der Waals surface area contributed by atoms with Gasteiger partial charge in [-0.1, -0.05) is 6.07 Å². The van der Waals surface area contributed by atoms with Crippen LogP contribution in [-0.2, 0) is 6.54 Å². The fourth-order valence-electron chi connectivity index (χ4n) is 1.77. The summed E-state index contributed by atoms with van der Waals surface area (Å²) in [5.41, 5.74) is 0. The molecule has 16 heavy (non-hydrogen) atoms. The van der Waals surface area contributed by atoms with Gasteiger partial charge in [0.15, 0.2) is 0 Å². The summed E-state index contributed by atoms with van der Waals surface area (Å²) in [5.74, 6) is 0.590. The lowest BCUT2D eigenvalue weighted by atomic mass is 10.1. The van der Waals surface area contributed by atoms with E-state index in [0.29, 0.717) is 12.5 Å². The summed E-state index contributed by atoms with van der Waals surface area (Å²) in [4.78, 5) is 12.6. The Hall–Kier alpha value is -1.07.